The summed E-state index contributed by atoms with van der Waals surface area (Å²) in [6.07, 6.45) is 3.08. The van der Waals surface area contributed by atoms with E-state index in [-0.39, 0.29) is 22.7 Å². The molecule has 0 radical (unpaired) electrons. The monoisotopic (exact) mass is 397 g/mol. The Balaban J connectivity index is 1.84. The highest BCUT2D eigenvalue weighted by atomic mass is 19.1. The van der Waals surface area contributed by atoms with Gasteiger partial charge in [0.05, 0.1) is 5.60 Å². The Hall–Kier alpha value is -2.20. The number of carbonyl (C=O) groups excluding carboxylic acids is 1. The molecule has 29 heavy (non-hydrogen) atoms. The third-order valence-electron chi connectivity index (χ3n) is 6.06. The van der Waals surface area contributed by atoms with Crippen LogP contribution < -0.4 is 0 Å². The van der Waals surface area contributed by atoms with E-state index in [4.69, 9.17) is 4.74 Å². The van der Waals surface area contributed by atoms with Crippen LogP contribution in [-0.4, -0.2) is 29.6 Å². The summed E-state index contributed by atoms with van der Waals surface area (Å²) < 4.78 is 20.2. The molecule has 3 nitrogen and oxygen atoms in total. The average Bonchev–Trinajstić information content (AvgIpc) is 2.72. The van der Waals surface area contributed by atoms with Crippen molar-refractivity contribution in [3.05, 3.63) is 71.5 Å². The number of benzene rings is 2. The Morgan fingerprint density at radius 2 is 1.79 bits per heavy atom. The van der Waals surface area contributed by atoms with Crippen LogP contribution in [0.25, 0.3) is 0 Å². The summed E-state index contributed by atoms with van der Waals surface area (Å²) in [5.74, 6) is -0.200. The van der Waals surface area contributed by atoms with Crippen LogP contribution in [0.15, 0.2) is 54.6 Å². The Morgan fingerprint density at radius 3 is 2.45 bits per heavy atom. The first-order valence-electron chi connectivity index (χ1n) is 10.6. The molecule has 0 aliphatic carbocycles. The fourth-order valence-corrected chi connectivity index (χ4v) is 4.57. The van der Waals surface area contributed by atoms with Gasteiger partial charge < -0.3 is 9.64 Å². The van der Waals surface area contributed by atoms with Gasteiger partial charge in [0.15, 0.2) is 0 Å². The van der Waals surface area contributed by atoms with Gasteiger partial charge in [0, 0.05) is 37.1 Å². The lowest BCUT2D eigenvalue weighted by Gasteiger charge is -2.46. The number of ether oxygens (including phenoxy) is 1. The van der Waals surface area contributed by atoms with Crippen molar-refractivity contribution in [2.24, 2.45) is 0 Å². The quantitative estimate of drug-likeness (QED) is 0.619. The summed E-state index contributed by atoms with van der Waals surface area (Å²) in [4.78, 5) is 14.5. The van der Waals surface area contributed by atoms with Crippen LogP contribution in [-0.2, 0) is 21.5 Å². The summed E-state index contributed by atoms with van der Waals surface area (Å²) in [7, 11) is 0. The van der Waals surface area contributed by atoms with E-state index in [1.165, 1.54) is 11.6 Å². The lowest BCUT2D eigenvalue weighted by atomic mass is 9.67. The summed E-state index contributed by atoms with van der Waals surface area (Å²) in [6.45, 7) is 7.75. The second-order valence-corrected chi connectivity index (χ2v) is 8.69. The van der Waals surface area contributed by atoms with Crippen LogP contribution in [0.2, 0.25) is 0 Å². The second-order valence-electron chi connectivity index (χ2n) is 8.69. The zero-order valence-corrected chi connectivity index (χ0v) is 17.8. The van der Waals surface area contributed by atoms with Crippen molar-refractivity contribution in [2.45, 2.75) is 64.0 Å². The lowest BCUT2D eigenvalue weighted by Crippen LogP contribution is -2.46. The first kappa shape index (κ1) is 21.5. The maximum atomic E-state index is 14.2. The minimum absolute atomic E-state index is 0.0511. The fourth-order valence-electron chi connectivity index (χ4n) is 4.57. The molecule has 1 aliphatic rings. The molecule has 1 amide bonds. The van der Waals surface area contributed by atoms with Crippen molar-refractivity contribution in [3.8, 4) is 0 Å². The summed E-state index contributed by atoms with van der Waals surface area (Å²) >= 11 is 0. The predicted octanol–water partition coefficient (Wildman–Crippen LogP) is 5.48. The van der Waals surface area contributed by atoms with Gasteiger partial charge in [-0.2, -0.15) is 0 Å². The molecule has 0 saturated carbocycles. The number of hydrogen-bond acceptors (Lipinski definition) is 2. The van der Waals surface area contributed by atoms with E-state index in [1.807, 2.05) is 24.0 Å². The number of halogens is 1. The van der Waals surface area contributed by atoms with E-state index in [0.29, 0.717) is 31.7 Å². The van der Waals surface area contributed by atoms with Gasteiger partial charge in [-0.05, 0) is 44.7 Å². The Bertz CT molecular complexity index is 821. The molecule has 0 bridgehead atoms. The molecule has 1 aliphatic heterocycles. The van der Waals surface area contributed by atoms with Crippen LogP contribution in [0.4, 0.5) is 4.39 Å². The molecule has 3 rings (SSSR count). The molecule has 2 aromatic rings. The summed E-state index contributed by atoms with van der Waals surface area (Å²) in [5.41, 5.74) is 1.60. The van der Waals surface area contributed by atoms with Gasteiger partial charge in [-0.15, -0.1) is 0 Å². The Morgan fingerprint density at radius 1 is 1.10 bits per heavy atom. The number of nitrogens with zero attached hydrogens (tertiary/aromatic N) is 1. The number of hydrogen-bond donors (Lipinski definition) is 0. The second kappa shape index (κ2) is 9.08. The number of amides is 1. The molecular formula is C25H32FNO2. The fraction of sp³-hybridized carbons (Fsp3) is 0.480. The molecule has 156 valence electrons. The SMILES string of the molecule is CCC(=O)N(CCC1(c2ccccc2)CCOC(C)(C)C1)Cc1ccccc1F. The van der Waals surface area contributed by atoms with Crippen LogP contribution in [0.3, 0.4) is 0 Å². The van der Waals surface area contributed by atoms with Gasteiger partial charge in [-0.1, -0.05) is 55.5 Å². The highest BCUT2D eigenvalue weighted by Crippen LogP contribution is 2.44. The molecule has 2 aromatic carbocycles. The molecule has 1 fully saturated rings. The van der Waals surface area contributed by atoms with Crippen LogP contribution in [0.5, 0.6) is 0 Å². The summed E-state index contributed by atoms with van der Waals surface area (Å²) in [6, 6.07) is 17.3. The Kier molecular flexibility index (Phi) is 6.74. The number of rotatable bonds is 7. The standard InChI is InChI=1S/C25H32FNO2/c1-4-23(28)27(18-20-10-8-9-13-22(20)26)16-14-25(21-11-6-5-7-12-21)15-17-29-24(2,3)19-25/h5-13H,4,14-19H2,1-3H3. The molecule has 1 unspecified atom stereocenters. The van der Waals surface area contributed by atoms with Crippen molar-refractivity contribution < 1.29 is 13.9 Å². The van der Waals surface area contributed by atoms with E-state index in [2.05, 4.69) is 38.1 Å². The molecule has 0 aromatic heterocycles. The van der Waals surface area contributed by atoms with Crippen molar-refractivity contribution in [1.82, 2.24) is 4.90 Å². The average molecular weight is 398 g/mol. The van der Waals surface area contributed by atoms with Gasteiger partial charge in [-0.3, -0.25) is 4.79 Å². The zero-order valence-electron chi connectivity index (χ0n) is 17.8. The Labute approximate surface area is 173 Å². The van der Waals surface area contributed by atoms with E-state index < -0.39 is 0 Å². The maximum absolute atomic E-state index is 14.2. The van der Waals surface area contributed by atoms with Gasteiger partial charge in [0.25, 0.3) is 0 Å². The molecule has 0 spiro atoms. The van der Waals surface area contributed by atoms with Crippen LogP contribution in [0, 0.1) is 5.82 Å². The van der Waals surface area contributed by atoms with Crippen molar-refractivity contribution in [1.29, 1.82) is 0 Å². The van der Waals surface area contributed by atoms with Crippen molar-refractivity contribution in [3.63, 3.8) is 0 Å². The van der Waals surface area contributed by atoms with E-state index in [0.717, 1.165) is 19.3 Å². The van der Waals surface area contributed by atoms with Crippen LogP contribution in [0.1, 0.15) is 57.6 Å². The van der Waals surface area contributed by atoms with Crippen molar-refractivity contribution in [2.75, 3.05) is 13.2 Å². The van der Waals surface area contributed by atoms with Gasteiger partial charge in [0.1, 0.15) is 5.82 Å². The molecular weight excluding hydrogens is 365 g/mol. The van der Waals surface area contributed by atoms with Gasteiger partial charge in [0.2, 0.25) is 5.91 Å². The van der Waals surface area contributed by atoms with E-state index in [1.54, 1.807) is 12.1 Å². The zero-order chi connectivity index (χ0) is 20.9. The molecule has 4 heteroatoms. The van der Waals surface area contributed by atoms with Crippen LogP contribution >= 0.6 is 0 Å². The number of carbonyl (C=O) groups is 1. The molecule has 0 N–H and O–H groups in total. The minimum atomic E-state index is -0.258. The smallest absolute Gasteiger partial charge is 0.222 e. The van der Waals surface area contributed by atoms with Gasteiger partial charge in [-0.25, -0.2) is 4.39 Å². The normalized spacial score (nSPS) is 21.0. The molecule has 1 atom stereocenters. The topological polar surface area (TPSA) is 29.5 Å². The molecule has 1 heterocycles. The minimum Gasteiger partial charge on any atom is -0.376 e. The largest absolute Gasteiger partial charge is 0.376 e. The predicted molar refractivity (Wildman–Crippen MR) is 114 cm³/mol. The molecule has 1 saturated heterocycles. The van der Waals surface area contributed by atoms with Gasteiger partial charge >= 0.3 is 0 Å². The first-order valence-corrected chi connectivity index (χ1v) is 10.6. The van der Waals surface area contributed by atoms with E-state index in [9.17, 15) is 9.18 Å². The maximum Gasteiger partial charge on any atom is 0.222 e. The third kappa shape index (κ3) is 5.24. The first-order chi connectivity index (χ1) is 13.9. The third-order valence-corrected chi connectivity index (χ3v) is 6.06. The highest BCUT2D eigenvalue weighted by Gasteiger charge is 2.42. The highest BCUT2D eigenvalue weighted by molar-refractivity contribution is 5.75. The lowest BCUT2D eigenvalue weighted by molar-refractivity contribution is -0.132. The van der Waals surface area contributed by atoms with Crippen molar-refractivity contribution >= 4 is 5.91 Å². The van der Waals surface area contributed by atoms with E-state index >= 15 is 0 Å². The summed E-state index contributed by atoms with van der Waals surface area (Å²) in [5, 5.41) is 0.